The molecule has 0 unspecified atom stereocenters. The number of hydrogen-bond acceptors (Lipinski definition) is 2. The molecule has 0 saturated carbocycles. The quantitative estimate of drug-likeness (QED) is 0.317. The van der Waals surface area contributed by atoms with E-state index in [2.05, 4.69) is 84.6 Å². The lowest BCUT2D eigenvalue weighted by molar-refractivity contribution is 0.668. The van der Waals surface area contributed by atoms with Gasteiger partial charge in [-0.15, -0.1) is 0 Å². The fraction of sp³-hybridized carbons (Fsp3) is 0.143. The van der Waals surface area contributed by atoms with E-state index in [9.17, 15) is 0 Å². The summed E-state index contributed by atoms with van der Waals surface area (Å²) >= 11 is 0. The zero-order valence-corrected chi connectivity index (χ0v) is 17.1. The summed E-state index contributed by atoms with van der Waals surface area (Å²) in [6.45, 7) is 4.05. The largest absolute Gasteiger partial charge is 0.456 e. The van der Waals surface area contributed by atoms with E-state index in [1.54, 1.807) is 0 Å². The highest BCUT2D eigenvalue weighted by Gasteiger charge is 2.19. The van der Waals surface area contributed by atoms with E-state index in [4.69, 9.17) is 4.42 Å². The zero-order chi connectivity index (χ0) is 20.1. The van der Waals surface area contributed by atoms with Crippen LogP contribution < -0.4 is 4.90 Å². The van der Waals surface area contributed by atoms with E-state index in [0.717, 1.165) is 30.7 Å². The Labute approximate surface area is 176 Å². The molecule has 0 atom stereocenters. The summed E-state index contributed by atoms with van der Waals surface area (Å²) in [7, 11) is 0. The van der Waals surface area contributed by atoms with Crippen LogP contribution >= 0.6 is 0 Å². The number of hydrogen-bond donors (Lipinski definition) is 0. The molecule has 0 amide bonds. The van der Waals surface area contributed by atoms with Gasteiger partial charge < -0.3 is 9.32 Å². The van der Waals surface area contributed by atoms with Crippen LogP contribution in [0.4, 0.5) is 5.69 Å². The third-order valence-electron chi connectivity index (χ3n) is 6.33. The normalized spacial score (nSPS) is 12.3. The highest BCUT2D eigenvalue weighted by atomic mass is 16.3. The van der Waals surface area contributed by atoms with Gasteiger partial charge >= 0.3 is 0 Å². The first-order valence-electron chi connectivity index (χ1n) is 10.7. The van der Waals surface area contributed by atoms with Crippen molar-refractivity contribution < 1.29 is 4.42 Å². The molecule has 5 aromatic rings. The van der Waals surface area contributed by atoms with Crippen molar-refractivity contribution in [3.8, 4) is 11.1 Å². The van der Waals surface area contributed by atoms with Gasteiger partial charge in [0.2, 0.25) is 0 Å². The zero-order valence-electron chi connectivity index (χ0n) is 17.1. The van der Waals surface area contributed by atoms with E-state index >= 15 is 0 Å². The minimum atomic E-state index is 0.888. The summed E-state index contributed by atoms with van der Waals surface area (Å²) in [5.74, 6) is 0. The molecule has 0 N–H and O–H groups in total. The Morgan fingerprint density at radius 1 is 0.767 bits per heavy atom. The number of para-hydroxylation sites is 1. The lowest BCUT2D eigenvalue weighted by Gasteiger charge is -2.24. The molecule has 2 heteroatoms. The second-order valence-electron chi connectivity index (χ2n) is 8.09. The lowest BCUT2D eigenvalue weighted by Crippen LogP contribution is -2.22. The molecule has 0 fully saturated rings. The highest BCUT2D eigenvalue weighted by Crippen LogP contribution is 2.38. The first-order chi connectivity index (χ1) is 14.8. The average Bonchev–Trinajstić information content (AvgIpc) is 3.35. The summed E-state index contributed by atoms with van der Waals surface area (Å²) < 4.78 is 6.11. The van der Waals surface area contributed by atoms with Crippen LogP contribution in [0.15, 0.2) is 89.3 Å². The number of furan rings is 1. The number of benzene rings is 4. The molecule has 1 aliphatic rings. The maximum Gasteiger partial charge on any atom is 0.137 e. The van der Waals surface area contributed by atoms with E-state index in [1.807, 2.05) is 12.1 Å². The van der Waals surface area contributed by atoms with Crippen molar-refractivity contribution in [1.82, 2.24) is 0 Å². The van der Waals surface area contributed by atoms with Gasteiger partial charge in [-0.1, -0.05) is 66.7 Å². The molecule has 6 rings (SSSR count). The Balaban J connectivity index is 1.39. The molecule has 30 heavy (non-hydrogen) atoms. The maximum atomic E-state index is 6.11. The van der Waals surface area contributed by atoms with Gasteiger partial charge in [0.05, 0.1) is 5.39 Å². The van der Waals surface area contributed by atoms with Gasteiger partial charge in [0.1, 0.15) is 11.2 Å². The van der Waals surface area contributed by atoms with E-state index in [1.165, 1.54) is 44.3 Å². The predicted molar refractivity (Wildman–Crippen MR) is 125 cm³/mol. The van der Waals surface area contributed by atoms with E-state index in [-0.39, 0.29) is 0 Å². The average molecular weight is 389 g/mol. The Morgan fingerprint density at radius 2 is 1.57 bits per heavy atom. The molecule has 0 aliphatic heterocycles. The molecule has 1 heterocycles. The van der Waals surface area contributed by atoms with E-state index in [0.29, 0.717) is 0 Å². The summed E-state index contributed by atoms with van der Waals surface area (Å²) in [4.78, 5) is 2.45. The Hall–Kier alpha value is -3.52. The van der Waals surface area contributed by atoms with Crippen LogP contribution in [-0.4, -0.2) is 6.54 Å². The van der Waals surface area contributed by atoms with Crippen LogP contribution in [0.5, 0.6) is 0 Å². The third-order valence-corrected chi connectivity index (χ3v) is 6.33. The highest BCUT2D eigenvalue weighted by molar-refractivity contribution is 6.11. The molecule has 1 aromatic heterocycles. The van der Waals surface area contributed by atoms with Crippen molar-refractivity contribution in [2.75, 3.05) is 11.4 Å². The van der Waals surface area contributed by atoms with Crippen LogP contribution in [0.25, 0.3) is 33.1 Å². The fourth-order valence-electron chi connectivity index (χ4n) is 4.90. The topological polar surface area (TPSA) is 16.4 Å². The van der Waals surface area contributed by atoms with E-state index < -0.39 is 0 Å². The molecule has 4 aromatic carbocycles. The molecular weight excluding hydrogens is 366 g/mol. The summed E-state index contributed by atoms with van der Waals surface area (Å²) in [6, 6.07) is 30.5. The summed E-state index contributed by atoms with van der Waals surface area (Å²) in [5, 5.41) is 2.40. The monoisotopic (exact) mass is 389 g/mol. The smallest absolute Gasteiger partial charge is 0.137 e. The van der Waals surface area contributed by atoms with Crippen LogP contribution in [0, 0.1) is 0 Å². The van der Waals surface area contributed by atoms with Crippen LogP contribution in [0.3, 0.4) is 0 Å². The molecule has 0 spiro atoms. The molecule has 0 radical (unpaired) electrons. The van der Waals surface area contributed by atoms with Gasteiger partial charge in [-0.05, 0) is 59.4 Å². The molecule has 2 nitrogen and oxygen atoms in total. The van der Waals surface area contributed by atoms with Gasteiger partial charge in [-0.25, -0.2) is 0 Å². The third kappa shape index (κ3) is 2.64. The molecule has 0 saturated heterocycles. The molecule has 0 bridgehead atoms. The van der Waals surface area contributed by atoms with Crippen molar-refractivity contribution in [1.29, 1.82) is 0 Å². The van der Waals surface area contributed by atoms with Crippen LogP contribution in [-0.2, 0) is 13.0 Å². The van der Waals surface area contributed by atoms with Crippen molar-refractivity contribution >= 4 is 27.6 Å². The van der Waals surface area contributed by atoms with Gasteiger partial charge in [-0.3, -0.25) is 0 Å². The van der Waals surface area contributed by atoms with Crippen molar-refractivity contribution in [3.05, 3.63) is 102 Å². The first-order valence-corrected chi connectivity index (χ1v) is 10.7. The number of rotatable bonds is 4. The first kappa shape index (κ1) is 17.3. The van der Waals surface area contributed by atoms with Crippen molar-refractivity contribution in [2.45, 2.75) is 19.9 Å². The Morgan fingerprint density at radius 3 is 2.50 bits per heavy atom. The summed E-state index contributed by atoms with van der Waals surface area (Å²) in [5.41, 5.74) is 10.2. The molecule has 1 aliphatic carbocycles. The number of anilines is 1. The SMILES string of the molecule is CCN(Cc1ccc2c(c1)Cc1ccccc1-2)c1cccc2oc3ccccc3c12. The lowest BCUT2D eigenvalue weighted by atomic mass is 10.0. The number of fused-ring (bicyclic) bond motifs is 6. The van der Waals surface area contributed by atoms with Crippen LogP contribution in [0.2, 0.25) is 0 Å². The molecular formula is C28H23NO. The van der Waals surface area contributed by atoms with Gasteiger partial charge in [-0.2, -0.15) is 0 Å². The number of nitrogens with zero attached hydrogens (tertiary/aromatic N) is 1. The predicted octanol–water partition coefficient (Wildman–Crippen LogP) is 7.18. The second-order valence-corrected chi connectivity index (χ2v) is 8.09. The minimum absolute atomic E-state index is 0.888. The fourth-order valence-corrected chi connectivity index (χ4v) is 4.90. The van der Waals surface area contributed by atoms with Gasteiger partial charge in [0.25, 0.3) is 0 Å². The van der Waals surface area contributed by atoms with Crippen molar-refractivity contribution in [2.24, 2.45) is 0 Å². The Kier molecular flexibility index (Phi) is 3.92. The summed E-state index contributed by atoms with van der Waals surface area (Å²) in [6.07, 6.45) is 1.04. The van der Waals surface area contributed by atoms with Crippen LogP contribution in [0.1, 0.15) is 23.6 Å². The van der Waals surface area contributed by atoms with Gasteiger partial charge in [0, 0.05) is 24.2 Å². The van der Waals surface area contributed by atoms with Gasteiger partial charge in [0.15, 0.2) is 0 Å². The van der Waals surface area contributed by atoms with Crippen molar-refractivity contribution in [3.63, 3.8) is 0 Å². The maximum absolute atomic E-state index is 6.11. The second kappa shape index (κ2) is 6.77. The molecule has 146 valence electrons. The Bertz CT molecular complexity index is 1390. The minimum Gasteiger partial charge on any atom is -0.456 e. The standard InChI is InChI=1S/C28H23NO/c1-2-29(25-11-7-13-27-28(25)24-10-5-6-12-26(24)30-27)18-19-14-15-23-21(16-19)17-20-8-3-4-9-22(20)23/h3-16H,2,17-18H2,1H3.